The lowest BCUT2D eigenvalue weighted by molar-refractivity contribution is -0.140. The zero-order valence-corrected chi connectivity index (χ0v) is 22.6. The minimum absolute atomic E-state index is 0.0288. The summed E-state index contributed by atoms with van der Waals surface area (Å²) in [6, 6.07) is -0.129. The zero-order chi connectivity index (χ0) is 25.8. The fourth-order valence-corrected chi connectivity index (χ4v) is 5.03. The SMILES string of the molecule is C/C(=C\c1csc(CO)n1)[C@@H](N)C[C@@H]1O[C@]1(C)CCC[C@H](C)[C@H](O)[C@@H](C)C(=O)C(C)(C)[C@H](C)O. The van der Waals surface area contributed by atoms with E-state index >= 15 is 0 Å². The number of Topliss-reactive ketones (excluding diaryl/α,β-unsaturated/α-hetero) is 1. The molecule has 0 aliphatic carbocycles. The number of ketones is 1. The number of ether oxygens (including phenoxy) is 1. The van der Waals surface area contributed by atoms with Crippen molar-refractivity contribution in [3.8, 4) is 0 Å². The average molecular weight is 497 g/mol. The quantitative estimate of drug-likeness (QED) is 0.289. The highest BCUT2D eigenvalue weighted by molar-refractivity contribution is 7.09. The van der Waals surface area contributed by atoms with E-state index in [4.69, 9.17) is 15.6 Å². The van der Waals surface area contributed by atoms with E-state index < -0.39 is 23.5 Å². The molecule has 0 bridgehead atoms. The van der Waals surface area contributed by atoms with Gasteiger partial charge in [0, 0.05) is 22.8 Å². The molecule has 0 unspecified atom stereocenters. The van der Waals surface area contributed by atoms with Crippen molar-refractivity contribution in [2.45, 2.75) is 111 Å². The predicted molar refractivity (Wildman–Crippen MR) is 136 cm³/mol. The lowest BCUT2D eigenvalue weighted by Crippen LogP contribution is -2.43. The Morgan fingerprint density at radius 1 is 1.35 bits per heavy atom. The largest absolute Gasteiger partial charge is 0.392 e. The van der Waals surface area contributed by atoms with Gasteiger partial charge < -0.3 is 25.8 Å². The van der Waals surface area contributed by atoms with Crippen LogP contribution in [0.1, 0.15) is 84.9 Å². The van der Waals surface area contributed by atoms with E-state index in [9.17, 15) is 15.0 Å². The number of carbonyl (C=O) groups excluding carboxylic acids is 1. The number of thiazole rings is 1. The molecule has 34 heavy (non-hydrogen) atoms. The first-order chi connectivity index (χ1) is 15.7. The standard InChI is InChI=1S/C26H44N2O5S/c1-15(23(31)17(3)24(32)25(5,6)18(4)30)9-8-10-26(7)21(33-26)12-20(27)16(2)11-19-14-34-22(13-29)28-19/h11,14-15,17-18,20-21,23,29-31H,8-10,12-13,27H2,1-7H3/b16-11+/t15-,17+,18-,20-,21-,23-,26+/m0/s1. The second-order valence-corrected chi connectivity index (χ2v) is 11.8. The van der Waals surface area contributed by atoms with Crippen LogP contribution in [0.15, 0.2) is 11.0 Å². The van der Waals surface area contributed by atoms with Gasteiger partial charge in [0.1, 0.15) is 10.8 Å². The number of epoxide rings is 1. The molecule has 1 aromatic rings. The number of carbonyl (C=O) groups is 1. The molecule has 2 rings (SSSR count). The molecule has 1 aliphatic heterocycles. The lowest BCUT2D eigenvalue weighted by Gasteiger charge is -2.33. The Kier molecular flexibility index (Phi) is 10.0. The summed E-state index contributed by atoms with van der Waals surface area (Å²) in [6.45, 7) is 12.8. The van der Waals surface area contributed by atoms with Gasteiger partial charge in [-0.15, -0.1) is 11.3 Å². The molecule has 8 heteroatoms. The molecule has 1 aromatic heterocycles. The van der Waals surface area contributed by atoms with Crippen LogP contribution in [-0.4, -0.2) is 56.0 Å². The third-order valence-electron chi connectivity index (χ3n) is 7.69. The highest BCUT2D eigenvalue weighted by Crippen LogP contribution is 2.44. The molecule has 1 fully saturated rings. The molecule has 0 amide bonds. The van der Waals surface area contributed by atoms with Crippen LogP contribution in [-0.2, 0) is 16.1 Å². The number of hydrogen-bond acceptors (Lipinski definition) is 8. The number of aliphatic hydroxyl groups excluding tert-OH is 3. The molecule has 0 saturated carbocycles. The van der Waals surface area contributed by atoms with Crippen molar-refractivity contribution in [2.75, 3.05) is 0 Å². The van der Waals surface area contributed by atoms with Crippen LogP contribution in [0, 0.1) is 17.3 Å². The van der Waals surface area contributed by atoms with Crippen molar-refractivity contribution in [3.05, 3.63) is 21.7 Å². The number of aromatic nitrogens is 1. The van der Waals surface area contributed by atoms with Gasteiger partial charge >= 0.3 is 0 Å². The average Bonchev–Trinajstić information content (AvgIpc) is 3.18. The minimum atomic E-state index is -0.880. The first-order valence-corrected chi connectivity index (χ1v) is 13.2. The Balaban J connectivity index is 1.79. The minimum Gasteiger partial charge on any atom is -0.392 e. The van der Waals surface area contributed by atoms with Crippen LogP contribution >= 0.6 is 11.3 Å². The third kappa shape index (κ3) is 7.18. The number of rotatable bonds is 14. The van der Waals surface area contributed by atoms with Gasteiger partial charge in [0.2, 0.25) is 0 Å². The van der Waals surface area contributed by atoms with Crippen LogP contribution in [0.25, 0.3) is 6.08 Å². The van der Waals surface area contributed by atoms with Crippen molar-refractivity contribution in [3.63, 3.8) is 0 Å². The van der Waals surface area contributed by atoms with Gasteiger partial charge in [0.25, 0.3) is 0 Å². The number of aliphatic hydroxyl groups is 3. The smallest absolute Gasteiger partial charge is 0.146 e. The molecule has 0 spiro atoms. The summed E-state index contributed by atoms with van der Waals surface area (Å²) in [6.07, 6.45) is 3.84. The summed E-state index contributed by atoms with van der Waals surface area (Å²) in [5.41, 5.74) is 7.16. The fraction of sp³-hybridized carbons (Fsp3) is 0.769. The van der Waals surface area contributed by atoms with Crippen LogP contribution in [0.5, 0.6) is 0 Å². The molecular weight excluding hydrogens is 452 g/mol. The third-order valence-corrected chi connectivity index (χ3v) is 8.54. The van der Waals surface area contributed by atoms with Gasteiger partial charge in [-0.3, -0.25) is 4.79 Å². The summed E-state index contributed by atoms with van der Waals surface area (Å²) in [5, 5.41) is 32.4. The maximum atomic E-state index is 12.8. The molecule has 1 saturated heterocycles. The van der Waals surface area contributed by atoms with Crippen LogP contribution in [0.4, 0.5) is 0 Å². The Labute approximate surface area is 208 Å². The molecule has 1 aliphatic rings. The molecule has 194 valence electrons. The molecule has 5 N–H and O–H groups in total. The topological polar surface area (TPSA) is 129 Å². The van der Waals surface area contributed by atoms with Crippen LogP contribution < -0.4 is 5.73 Å². The first-order valence-electron chi connectivity index (χ1n) is 12.3. The van der Waals surface area contributed by atoms with Crippen molar-refractivity contribution >= 4 is 23.2 Å². The number of nitrogens with zero attached hydrogens (tertiary/aromatic N) is 1. The molecule has 7 nitrogen and oxygen atoms in total. The van der Waals surface area contributed by atoms with Crippen molar-refractivity contribution in [2.24, 2.45) is 23.0 Å². The van der Waals surface area contributed by atoms with Gasteiger partial charge in [-0.1, -0.05) is 39.7 Å². The second kappa shape index (κ2) is 11.7. The summed E-state index contributed by atoms with van der Waals surface area (Å²) in [5.74, 6) is -0.667. The van der Waals surface area contributed by atoms with Crippen LogP contribution in [0.3, 0.4) is 0 Å². The summed E-state index contributed by atoms with van der Waals surface area (Å²) < 4.78 is 6.00. The van der Waals surface area contributed by atoms with E-state index in [1.54, 1.807) is 27.7 Å². The first kappa shape index (κ1) is 29.1. The van der Waals surface area contributed by atoms with Gasteiger partial charge in [-0.05, 0) is 52.0 Å². The summed E-state index contributed by atoms with van der Waals surface area (Å²) in [4.78, 5) is 17.1. The number of hydrogen-bond donors (Lipinski definition) is 4. The van der Waals surface area contributed by atoms with Crippen molar-refractivity contribution in [1.29, 1.82) is 0 Å². The highest BCUT2D eigenvalue weighted by Gasteiger charge is 2.51. The molecule has 2 heterocycles. The van der Waals surface area contributed by atoms with Gasteiger partial charge in [0.05, 0.1) is 36.2 Å². The monoisotopic (exact) mass is 496 g/mol. The van der Waals surface area contributed by atoms with E-state index in [-0.39, 0.29) is 36.1 Å². The van der Waals surface area contributed by atoms with E-state index in [0.717, 1.165) is 37.0 Å². The second-order valence-electron chi connectivity index (χ2n) is 10.9. The van der Waals surface area contributed by atoms with E-state index in [2.05, 4.69) is 11.9 Å². The molecule has 0 aromatic carbocycles. The van der Waals surface area contributed by atoms with Gasteiger partial charge in [-0.2, -0.15) is 0 Å². The summed E-state index contributed by atoms with van der Waals surface area (Å²) >= 11 is 1.43. The maximum Gasteiger partial charge on any atom is 0.146 e. The molecular formula is C26H44N2O5S. The maximum absolute atomic E-state index is 12.8. The predicted octanol–water partition coefficient (Wildman–Crippen LogP) is 3.69. The molecule has 7 atom stereocenters. The zero-order valence-electron chi connectivity index (χ0n) is 21.7. The molecule has 0 radical (unpaired) electrons. The van der Waals surface area contributed by atoms with E-state index in [1.165, 1.54) is 11.3 Å². The van der Waals surface area contributed by atoms with Gasteiger partial charge in [0.15, 0.2) is 0 Å². The van der Waals surface area contributed by atoms with Gasteiger partial charge in [-0.25, -0.2) is 4.98 Å². The van der Waals surface area contributed by atoms with Crippen molar-refractivity contribution in [1.82, 2.24) is 4.98 Å². The Morgan fingerprint density at radius 2 is 2.00 bits per heavy atom. The normalized spacial score (nSPS) is 25.5. The number of nitrogens with two attached hydrogens (primary N) is 1. The highest BCUT2D eigenvalue weighted by atomic mass is 32.1. The Morgan fingerprint density at radius 3 is 2.56 bits per heavy atom. The van der Waals surface area contributed by atoms with E-state index in [1.807, 2.05) is 25.3 Å². The van der Waals surface area contributed by atoms with E-state index in [0.29, 0.717) is 5.01 Å². The Hall–Kier alpha value is -1.16. The van der Waals surface area contributed by atoms with Crippen LogP contribution in [0.2, 0.25) is 0 Å². The fourth-order valence-electron chi connectivity index (χ4n) is 4.42. The van der Waals surface area contributed by atoms with Crippen molar-refractivity contribution < 1.29 is 24.9 Å². The lowest BCUT2D eigenvalue weighted by atomic mass is 9.74. The Bertz CT molecular complexity index is 852. The summed E-state index contributed by atoms with van der Waals surface area (Å²) in [7, 11) is 0.